The molecule has 36 heavy (non-hydrogen) atoms. The summed E-state index contributed by atoms with van der Waals surface area (Å²) in [6, 6.07) is 19.0. The fraction of sp³-hybridized carbons (Fsp3) is 0.533. The molecule has 0 radical (unpaired) electrons. The van der Waals surface area contributed by atoms with Crippen molar-refractivity contribution in [2.24, 2.45) is 5.92 Å². The Bertz CT molecular complexity index is 1080. The van der Waals surface area contributed by atoms with E-state index < -0.39 is 0 Å². The Morgan fingerprint density at radius 3 is 2.47 bits per heavy atom. The Labute approximate surface area is 216 Å². The van der Waals surface area contributed by atoms with Gasteiger partial charge in [-0.25, -0.2) is 4.79 Å². The van der Waals surface area contributed by atoms with Gasteiger partial charge < -0.3 is 15.0 Å². The van der Waals surface area contributed by atoms with E-state index in [0.29, 0.717) is 24.5 Å². The van der Waals surface area contributed by atoms with E-state index in [9.17, 15) is 10.1 Å². The molecule has 2 aromatic rings. The number of urea groups is 1. The second-order valence-electron chi connectivity index (χ2n) is 11.0. The Kier molecular flexibility index (Phi) is 7.90. The van der Waals surface area contributed by atoms with Gasteiger partial charge in [-0.05, 0) is 107 Å². The molecule has 0 saturated heterocycles. The van der Waals surface area contributed by atoms with Gasteiger partial charge in [-0.3, -0.25) is 4.90 Å². The van der Waals surface area contributed by atoms with E-state index in [1.54, 1.807) is 7.11 Å². The van der Waals surface area contributed by atoms with Crippen molar-refractivity contribution in [1.82, 2.24) is 9.80 Å². The molecule has 0 aliphatic heterocycles. The van der Waals surface area contributed by atoms with Crippen molar-refractivity contribution in [2.45, 2.75) is 76.9 Å². The number of ether oxygens (including phenoxy) is 1. The van der Waals surface area contributed by atoms with Gasteiger partial charge in [0.2, 0.25) is 0 Å². The van der Waals surface area contributed by atoms with Crippen LogP contribution in [-0.4, -0.2) is 54.2 Å². The number of hydrogen-bond acceptors (Lipinski definition) is 4. The fourth-order valence-electron chi connectivity index (χ4n) is 6.20. The molecule has 0 aromatic heterocycles. The minimum absolute atomic E-state index is 0.0303. The maximum atomic E-state index is 13.6. The largest absolute Gasteiger partial charge is 0.497 e. The summed E-state index contributed by atoms with van der Waals surface area (Å²) in [6.45, 7) is 10.4. The van der Waals surface area contributed by atoms with E-state index in [1.807, 2.05) is 36.4 Å². The van der Waals surface area contributed by atoms with E-state index in [4.69, 9.17) is 4.74 Å². The molecule has 2 saturated carbocycles. The van der Waals surface area contributed by atoms with E-state index >= 15 is 0 Å². The van der Waals surface area contributed by atoms with Crippen LogP contribution in [0.3, 0.4) is 0 Å². The average Bonchev–Trinajstić information content (AvgIpc) is 3.61. The number of nitriles is 1. The first-order chi connectivity index (χ1) is 17.3. The zero-order valence-electron chi connectivity index (χ0n) is 22.3. The van der Waals surface area contributed by atoms with Crippen molar-refractivity contribution >= 4 is 11.7 Å². The third-order valence-electron chi connectivity index (χ3n) is 8.25. The van der Waals surface area contributed by atoms with Crippen LogP contribution in [0.5, 0.6) is 5.75 Å². The van der Waals surface area contributed by atoms with E-state index in [-0.39, 0.29) is 17.5 Å². The van der Waals surface area contributed by atoms with E-state index in [2.05, 4.69) is 61.0 Å². The molecule has 0 heterocycles. The van der Waals surface area contributed by atoms with Crippen LogP contribution in [-0.2, 0) is 5.41 Å². The van der Waals surface area contributed by atoms with Gasteiger partial charge in [0.15, 0.2) is 0 Å². The zero-order valence-corrected chi connectivity index (χ0v) is 22.3. The Morgan fingerprint density at radius 2 is 1.86 bits per heavy atom. The number of benzene rings is 2. The summed E-state index contributed by atoms with van der Waals surface area (Å²) >= 11 is 0. The van der Waals surface area contributed by atoms with Crippen LogP contribution < -0.4 is 10.1 Å². The first kappa shape index (κ1) is 26.0. The van der Waals surface area contributed by atoms with Crippen molar-refractivity contribution in [2.75, 3.05) is 25.5 Å². The van der Waals surface area contributed by atoms with Crippen molar-refractivity contribution in [1.29, 1.82) is 5.26 Å². The van der Waals surface area contributed by atoms with Gasteiger partial charge in [0.1, 0.15) is 5.75 Å². The molecule has 192 valence electrons. The second-order valence-corrected chi connectivity index (χ2v) is 11.0. The number of rotatable bonds is 9. The Morgan fingerprint density at radius 1 is 1.14 bits per heavy atom. The maximum Gasteiger partial charge on any atom is 0.322 e. The summed E-state index contributed by atoms with van der Waals surface area (Å²) in [7, 11) is 1.64. The topological polar surface area (TPSA) is 68.6 Å². The molecule has 0 spiro atoms. The highest BCUT2D eigenvalue weighted by Gasteiger charge is 2.58. The summed E-state index contributed by atoms with van der Waals surface area (Å²) in [4.78, 5) is 18.1. The van der Waals surface area contributed by atoms with E-state index in [1.165, 1.54) is 5.56 Å². The molecule has 2 aliphatic carbocycles. The minimum atomic E-state index is -0.0303. The lowest BCUT2D eigenvalue weighted by molar-refractivity contribution is 0.120. The number of nitrogens with one attached hydrogen (secondary N) is 1. The van der Waals surface area contributed by atoms with Gasteiger partial charge in [-0.2, -0.15) is 5.26 Å². The molecular formula is C30H40N4O2. The summed E-state index contributed by atoms with van der Waals surface area (Å²) < 4.78 is 5.26. The molecule has 6 nitrogen and oxygen atoms in total. The summed E-state index contributed by atoms with van der Waals surface area (Å²) in [6.07, 6.45) is 4.20. The molecule has 2 amide bonds. The molecule has 0 bridgehead atoms. The third-order valence-corrected chi connectivity index (χ3v) is 8.25. The molecule has 6 heteroatoms. The first-order valence-electron chi connectivity index (χ1n) is 13.3. The normalized spacial score (nSPS) is 22.8. The Balaban J connectivity index is 1.49. The van der Waals surface area contributed by atoms with E-state index in [0.717, 1.165) is 49.2 Å². The molecule has 2 aromatic carbocycles. The van der Waals surface area contributed by atoms with Crippen LogP contribution >= 0.6 is 0 Å². The van der Waals surface area contributed by atoms with Gasteiger partial charge in [0.25, 0.3) is 0 Å². The van der Waals surface area contributed by atoms with Gasteiger partial charge in [-0.15, -0.1) is 0 Å². The van der Waals surface area contributed by atoms with Crippen molar-refractivity contribution < 1.29 is 9.53 Å². The van der Waals surface area contributed by atoms with Gasteiger partial charge in [0, 0.05) is 36.9 Å². The van der Waals surface area contributed by atoms with Gasteiger partial charge in [0.05, 0.1) is 18.7 Å². The van der Waals surface area contributed by atoms with Crippen LogP contribution in [0.1, 0.15) is 64.5 Å². The number of nitrogens with zero attached hydrogens (tertiary/aromatic N) is 3. The number of anilines is 1. The quantitative estimate of drug-likeness (QED) is 0.468. The molecular weight excluding hydrogens is 448 g/mol. The van der Waals surface area contributed by atoms with Crippen molar-refractivity contribution in [3.05, 3.63) is 59.7 Å². The third kappa shape index (κ3) is 5.52. The lowest BCUT2D eigenvalue weighted by Gasteiger charge is -2.39. The maximum absolute atomic E-state index is 13.6. The highest BCUT2D eigenvalue weighted by molar-refractivity contribution is 5.89. The highest BCUT2D eigenvalue weighted by Crippen LogP contribution is 2.62. The molecule has 2 aliphatic rings. The fourth-order valence-corrected chi connectivity index (χ4v) is 6.20. The number of hydrogen-bond donors (Lipinski definition) is 1. The lowest BCUT2D eigenvalue weighted by Crippen LogP contribution is -2.50. The number of amides is 2. The molecule has 2 fully saturated rings. The molecule has 2 unspecified atom stereocenters. The van der Waals surface area contributed by atoms with Gasteiger partial charge in [-0.1, -0.05) is 12.1 Å². The van der Waals surface area contributed by atoms with Crippen LogP contribution in [0.4, 0.5) is 10.5 Å². The second kappa shape index (κ2) is 10.9. The monoisotopic (exact) mass is 488 g/mol. The average molecular weight is 489 g/mol. The van der Waals surface area contributed by atoms with Crippen LogP contribution in [0, 0.1) is 17.2 Å². The number of carbonyl (C=O) groups is 1. The smallest absolute Gasteiger partial charge is 0.322 e. The van der Waals surface area contributed by atoms with Gasteiger partial charge >= 0.3 is 6.03 Å². The predicted octanol–water partition coefficient (Wildman–Crippen LogP) is 6.03. The highest BCUT2D eigenvalue weighted by atomic mass is 16.5. The predicted molar refractivity (Wildman–Crippen MR) is 144 cm³/mol. The number of methoxy groups -OCH3 is 1. The lowest BCUT2D eigenvalue weighted by atomic mass is 9.80. The van der Waals surface area contributed by atoms with Crippen LogP contribution in [0.25, 0.3) is 0 Å². The summed E-state index contributed by atoms with van der Waals surface area (Å²) in [5.41, 5.74) is 2.99. The van der Waals surface area contributed by atoms with Crippen molar-refractivity contribution in [3.63, 3.8) is 0 Å². The molecule has 4 rings (SSSR count). The molecule has 1 N–H and O–H groups in total. The van der Waals surface area contributed by atoms with Crippen molar-refractivity contribution in [3.8, 4) is 11.8 Å². The first-order valence-corrected chi connectivity index (χ1v) is 13.3. The zero-order chi connectivity index (χ0) is 25.9. The SMILES string of the molecule is COc1ccc(NC(=O)N(CCN(C(C)C)C(C)C)C2CC[C@]3(c4cccc(C#N)c4)CC3C2)cc1. The minimum Gasteiger partial charge on any atom is -0.497 e. The number of carbonyl (C=O) groups excluding carboxylic acids is 1. The molecule has 3 atom stereocenters. The Hall–Kier alpha value is -3.04. The number of fused-ring (bicyclic) bond motifs is 1. The van der Waals surface area contributed by atoms with Crippen LogP contribution in [0.15, 0.2) is 48.5 Å². The summed E-state index contributed by atoms with van der Waals surface area (Å²) in [5.74, 6) is 1.33. The summed E-state index contributed by atoms with van der Waals surface area (Å²) in [5, 5.41) is 12.5. The van der Waals surface area contributed by atoms with Crippen LogP contribution in [0.2, 0.25) is 0 Å². The standard InChI is InChI=1S/C30H40N4O2/c1-21(2)33(22(3)4)15-16-34(29(35)32-26-9-11-28(36-5)12-10-26)27-13-14-30(19-25(30)18-27)24-8-6-7-23(17-24)20-31/h6-12,17,21-22,25,27H,13-16,18-19H2,1-5H3,(H,32,35)/t25?,27?,30-/m1/s1.